The van der Waals surface area contributed by atoms with Gasteiger partial charge < -0.3 is 10.1 Å². The number of methoxy groups -OCH3 is 1. The summed E-state index contributed by atoms with van der Waals surface area (Å²) in [4.78, 5) is 12.3. The van der Waals surface area contributed by atoms with E-state index < -0.39 is 0 Å². The molecule has 1 heterocycles. The molecule has 0 atom stereocenters. The predicted octanol–water partition coefficient (Wildman–Crippen LogP) is 3.62. The van der Waals surface area contributed by atoms with Gasteiger partial charge in [-0.2, -0.15) is 0 Å². The van der Waals surface area contributed by atoms with Gasteiger partial charge in [-0.3, -0.25) is 9.36 Å². The molecule has 1 amide bonds. The highest BCUT2D eigenvalue weighted by Gasteiger charge is 2.11. The number of amides is 1. The number of carbonyl (C=O) groups excluding carboxylic acids is 1. The van der Waals surface area contributed by atoms with E-state index in [1.807, 2.05) is 60.9 Å². The molecule has 0 spiro atoms. The van der Waals surface area contributed by atoms with Gasteiger partial charge in [0.05, 0.1) is 12.9 Å². The van der Waals surface area contributed by atoms with E-state index in [1.54, 1.807) is 13.4 Å². The lowest BCUT2D eigenvalue weighted by Crippen LogP contribution is -2.15. The van der Waals surface area contributed by atoms with Crippen molar-refractivity contribution in [2.75, 3.05) is 18.2 Å². The van der Waals surface area contributed by atoms with Crippen LogP contribution in [-0.4, -0.2) is 33.5 Å². The Kier molecular flexibility index (Phi) is 5.58. The third kappa shape index (κ3) is 4.23. The van der Waals surface area contributed by atoms with Gasteiger partial charge in [0.1, 0.15) is 12.1 Å². The Morgan fingerprint density at radius 2 is 1.96 bits per heavy atom. The van der Waals surface area contributed by atoms with Gasteiger partial charge >= 0.3 is 0 Å². The van der Waals surface area contributed by atoms with Gasteiger partial charge in [0.15, 0.2) is 5.16 Å². The molecule has 134 valence electrons. The molecule has 7 heteroatoms. The van der Waals surface area contributed by atoms with Crippen LogP contribution >= 0.6 is 11.8 Å². The molecule has 3 aromatic rings. The molecule has 26 heavy (non-hydrogen) atoms. The molecule has 0 radical (unpaired) electrons. The van der Waals surface area contributed by atoms with Crippen molar-refractivity contribution in [2.45, 2.75) is 19.0 Å². The van der Waals surface area contributed by atoms with Gasteiger partial charge in [0, 0.05) is 11.4 Å². The molecule has 0 saturated heterocycles. The second-order valence-corrected chi connectivity index (χ2v) is 6.78. The summed E-state index contributed by atoms with van der Waals surface area (Å²) in [5.74, 6) is 0.956. The Bertz CT molecular complexity index is 906. The van der Waals surface area contributed by atoms with Crippen LogP contribution in [-0.2, 0) is 4.79 Å². The summed E-state index contributed by atoms with van der Waals surface area (Å²) in [7, 11) is 1.63. The van der Waals surface area contributed by atoms with Gasteiger partial charge in [-0.25, -0.2) is 0 Å². The summed E-state index contributed by atoms with van der Waals surface area (Å²) in [5.41, 5.74) is 3.96. The summed E-state index contributed by atoms with van der Waals surface area (Å²) in [6.45, 7) is 4.01. The van der Waals surface area contributed by atoms with Crippen molar-refractivity contribution in [1.82, 2.24) is 14.8 Å². The number of aromatic nitrogens is 3. The molecule has 6 nitrogen and oxygen atoms in total. The predicted molar refractivity (Wildman–Crippen MR) is 103 cm³/mol. The van der Waals surface area contributed by atoms with Gasteiger partial charge in [-0.1, -0.05) is 29.5 Å². The van der Waals surface area contributed by atoms with E-state index in [0.717, 1.165) is 22.7 Å². The fourth-order valence-electron chi connectivity index (χ4n) is 2.51. The van der Waals surface area contributed by atoms with E-state index >= 15 is 0 Å². The third-order valence-electron chi connectivity index (χ3n) is 3.86. The van der Waals surface area contributed by atoms with E-state index in [1.165, 1.54) is 17.3 Å². The third-order valence-corrected chi connectivity index (χ3v) is 4.80. The standard InChI is InChI=1S/C19H20N4O2S/c1-13-4-9-17(14(2)10-13)21-18(24)11-26-19-22-20-12-23(19)15-5-7-16(25-3)8-6-15/h4-10,12H,11H2,1-3H3,(H,21,24). The van der Waals surface area contributed by atoms with Crippen LogP contribution < -0.4 is 10.1 Å². The largest absolute Gasteiger partial charge is 0.497 e. The van der Waals surface area contributed by atoms with Crippen LogP contribution in [0.3, 0.4) is 0 Å². The number of carbonyl (C=O) groups is 1. The Labute approximate surface area is 156 Å². The minimum absolute atomic E-state index is 0.0776. The van der Waals surface area contributed by atoms with Crippen LogP contribution in [0.1, 0.15) is 11.1 Å². The van der Waals surface area contributed by atoms with Crippen LogP contribution in [0.5, 0.6) is 5.75 Å². The second-order valence-electron chi connectivity index (χ2n) is 5.84. The smallest absolute Gasteiger partial charge is 0.234 e. The summed E-state index contributed by atoms with van der Waals surface area (Å²) in [6, 6.07) is 13.5. The maximum atomic E-state index is 12.3. The molecule has 2 aromatic carbocycles. The molecule has 3 rings (SSSR count). The molecule has 0 unspecified atom stereocenters. The van der Waals surface area contributed by atoms with E-state index in [0.29, 0.717) is 5.16 Å². The fourth-order valence-corrected chi connectivity index (χ4v) is 3.24. The van der Waals surface area contributed by atoms with Crippen molar-refractivity contribution in [3.63, 3.8) is 0 Å². The molecule has 0 aliphatic carbocycles. The van der Waals surface area contributed by atoms with Crippen molar-refractivity contribution in [3.05, 3.63) is 59.9 Å². The minimum Gasteiger partial charge on any atom is -0.497 e. The highest BCUT2D eigenvalue weighted by molar-refractivity contribution is 7.99. The van der Waals surface area contributed by atoms with E-state index in [-0.39, 0.29) is 11.7 Å². The zero-order chi connectivity index (χ0) is 18.5. The number of thioether (sulfide) groups is 1. The first kappa shape index (κ1) is 18.0. The van der Waals surface area contributed by atoms with Crippen molar-refractivity contribution in [2.24, 2.45) is 0 Å². The molecular weight excluding hydrogens is 348 g/mol. The SMILES string of the molecule is COc1ccc(-n2cnnc2SCC(=O)Nc2ccc(C)cc2C)cc1. The number of rotatable bonds is 6. The molecule has 0 fully saturated rings. The van der Waals surface area contributed by atoms with Crippen LogP contribution in [0, 0.1) is 13.8 Å². The number of ether oxygens (including phenoxy) is 1. The summed E-state index contributed by atoms with van der Waals surface area (Å²) >= 11 is 1.34. The maximum Gasteiger partial charge on any atom is 0.234 e. The second kappa shape index (κ2) is 8.05. The Balaban J connectivity index is 1.64. The number of benzene rings is 2. The fraction of sp³-hybridized carbons (Fsp3) is 0.211. The number of hydrogen-bond acceptors (Lipinski definition) is 5. The zero-order valence-corrected chi connectivity index (χ0v) is 15.7. The molecule has 1 N–H and O–H groups in total. The number of hydrogen-bond donors (Lipinski definition) is 1. The molecule has 0 aliphatic rings. The lowest BCUT2D eigenvalue weighted by atomic mass is 10.1. The Morgan fingerprint density at radius 1 is 1.19 bits per heavy atom. The van der Waals surface area contributed by atoms with E-state index in [2.05, 4.69) is 15.5 Å². The maximum absolute atomic E-state index is 12.3. The average molecular weight is 368 g/mol. The number of aryl methyl sites for hydroxylation is 2. The highest BCUT2D eigenvalue weighted by Crippen LogP contribution is 2.22. The van der Waals surface area contributed by atoms with Gasteiger partial charge in [0.2, 0.25) is 5.91 Å². The monoisotopic (exact) mass is 368 g/mol. The van der Waals surface area contributed by atoms with Gasteiger partial charge in [-0.05, 0) is 49.7 Å². The van der Waals surface area contributed by atoms with Crippen molar-refractivity contribution in [3.8, 4) is 11.4 Å². The van der Waals surface area contributed by atoms with Crippen LogP contribution in [0.4, 0.5) is 5.69 Å². The van der Waals surface area contributed by atoms with Crippen LogP contribution in [0.15, 0.2) is 53.9 Å². The normalized spacial score (nSPS) is 10.6. The van der Waals surface area contributed by atoms with Crippen LogP contribution in [0.25, 0.3) is 5.69 Å². The molecule has 0 saturated carbocycles. The van der Waals surface area contributed by atoms with Crippen LogP contribution in [0.2, 0.25) is 0 Å². The van der Waals surface area contributed by atoms with Gasteiger partial charge in [-0.15, -0.1) is 10.2 Å². The first-order chi connectivity index (χ1) is 12.6. The lowest BCUT2D eigenvalue weighted by molar-refractivity contribution is -0.113. The Hall–Kier alpha value is -2.80. The van der Waals surface area contributed by atoms with E-state index in [4.69, 9.17) is 4.74 Å². The van der Waals surface area contributed by atoms with E-state index in [9.17, 15) is 4.79 Å². The topological polar surface area (TPSA) is 69.0 Å². The zero-order valence-electron chi connectivity index (χ0n) is 14.9. The highest BCUT2D eigenvalue weighted by atomic mass is 32.2. The minimum atomic E-state index is -0.0776. The summed E-state index contributed by atoms with van der Waals surface area (Å²) in [6.07, 6.45) is 1.63. The van der Waals surface area contributed by atoms with Crippen molar-refractivity contribution >= 4 is 23.4 Å². The quantitative estimate of drug-likeness (QED) is 0.673. The number of nitrogens with one attached hydrogen (secondary N) is 1. The molecule has 1 aromatic heterocycles. The van der Waals surface area contributed by atoms with Crippen molar-refractivity contribution in [1.29, 1.82) is 0 Å². The Morgan fingerprint density at radius 3 is 2.65 bits per heavy atom. The molecule has 0 aliphatic heterocycles. The van der Waals surface area contributed by atoms with Gasteiger partial charge in [0.25, 0.3) is 0 Å². The summed E-state index contributed by atoms with van der Waals surface area (Å²) in [5, 5.41) is 11.7. The van der Waals surface area contributed by atoms with Crippen molar-refractivity contribution < 1.29 is 9.53 Å². The first-order valence-electron chi connectivity index (χ1n) is 8.11. The number of anilines is 1. The first-order valence-corrected chi connectivity index (χ1v) is 9.10. The molecule has 0 bridgehead atoms. The molecular formula is C19H20N4O2S. The summed E-state index contributed by atoms with van der Waals surface area (Å²) < 4.78 is 7.01. The average Bonchev–Trinajstić information content (AvgIpc) is 3.11. The lowest BCUT2D eigenvalue weighted by Gasteiger charge is -2.10. The number of nitrogens with zero attached hydrogens (tertiary/aromatic N) is 3.